The standard InChI is InChI=1S/C10H18N4/c1-13-5-4-10(7-13)6-12-9(11)14(10)8-2-3-8/h8H,2-7H2,1H3,(H2,11,12). The third-order valence-corrected chi connectivity index (χ3v) is 3.73. The summed E-state index contributed by atoms with van der Waals surface area (Å²) < 4.78 is 0. The van der Waals surface area contributed by atoms with Crippen molar-refractivity contribution in [3.8, 4) is 0 Å². The number of likely N-dealkylation sites (tertiary alicyclic amines) is 1. The van der Waals surface area contributed by atoms with Gasteiger partial charge in [-0.25, -0.2) is 0 Å². The summed E-state index contributed by atoms with van der Waals surface area (Å²) in [7, 11) is 2.19. The predicted molar refractivity (Wildman–Crippen MR) is 56.2 cm³/mol. The van der Waals surface area contributed by atoms with E-state index in [1.165, 1.54) is 25.8 Å². The SMILES string of the molecule is CN1CCC2(CN=C(N)N2C2CC2)C1. The number of guanidine groups is 1. The molecule has 3 rings (SSSR count). The van der Waals surface area contributed by atoms with Crippen LogP contribution in [0.5, 0.6) is 0 Å². The average molecular weight is 194 g/mol. The lowest BCUT2D eigenvalue weighted by Crippen LogP contribution is -2.54. The molecule has 3 aliphatic rings. The number of hydrogen-bond donors (Lipinski definition) is 1. The molecule has 0 aromatic rings. The summed E-state index contributed by atoms with van der Waals surface area (Å²) in [6.45, 7) is 3.24. The van der Waals surface area contributed by atoms with Gasteiger partial charge in [0.2, 0.25) is 0 Å². The second-order valence-electron chi connectivity index (χ2n) is 4.99. The smallest absolute Gasteiger partial charge is 0.192 e. The first-order chi connectivity index (χ1) is 6.71. The van der Waals surface area contributed by atoms with Gasteiger partial charge in [-0.2, -0.15) is 0 Å². The Morgan fingerprint density at radius 3 is 2.86 bits per heavy atom. The zero-order valence-electron chi connectivity index (χ0n) is 8.74. The first kappa shape index (κ1) is 8.53. The lowest BCUT2D eigenvalue weighted by Gasteiger charge is -2.36. The van der Waals surface area contributed by atoms with E-state index in [1.807, 2.05) is 0 Å². The summed E-state index contributed by atoms with van der Waals surface area (Å²) in [4.78, 5) is 9.25. The Balaban J connectivity index is 1.86. The van der Waals surface area contributed by atoms with Crippen molar-refractivity contribution in [3.63, 3.8) is 0 Å². The molecule has 0 aromatic heterocycles. The van der Waals surface area contributed by atoms with Crippen molar-refractivity contribution in [2.45, 2.75) is 30.8 Å². The summed E-state index contributed by atoms with van der Waals surface area (Å²) in [5.41, 5.74) is 6.24. The van der Waals surface area contributed by atoms with Crippen LogP contribution in [0.3, 0.4) is 0 Å². The van der Waals surface area contributed by atoms with Gasteiger partial charge in [0.1, 0.15) is 0 Å². The van der Waals surface area contributed by atoms with Gasteiger partial charge in [0.25, 0.3) is 0 Å². The molecule has 0 radical (unpaired) electrons. The molecular weight excluding hydrogens is 176 g/mol. The number of nitrogens with two attached hydrogens (primary N) is 1. The Morgan fingerprint density at radius 1 is 1.50 bits per heavy atom. The molecule has 0 amide bonds. The van der Waals surface area contributed by atoms with Gasteiger partial charge in [0.15, 0.2) is 5.96 Å². The first-order valence-electron chi connectivity index (χ1n) is 5.49. The number of nitrogens with zero attached hydrogens (tertiary/aromatic N) is 3. The lowest BCUT2D eigenvalue weighted by atomic mass is 9.97. The van der Waals surface area contributed by atoms with Crippen LogP contribution in [0.15, 0.2) is 4.99 Å². The fourth-order valence-corrected chi connectivity index (χ4v) is 2.92. The number of likely N-dealkylation sites (N-methyl/N-ethyl adjacent to an activating group) is 1. The maximum absolute atomic E-state index is 5.98. The van der Waals surface area contributed by atoms with E-state index >= 15 is 0 Å². The Labute approximate surface area is 84.8 Å². The number of hydrogen-bond acceptors (Lipinski definition) is 4. The fraction of sp³-hybridized carbons (Fsp3) is 0.900. The van der Waals surface area contributed by atoms with Crippen LogP contribution >= 0.6 is 0 Å². The van der Waals surface area contributed by atoms with Crippen molar-refractivity contribution < 1.29 is 0 Å². The van der Waals surface area contributed by atoms with Crippen molar-refractivity contribution >= 4 is 5.96 Å². The molecule has 2 N–H and O–H groups in total. The molecular formula is C10H18N4. The zero-order valence-corrected chi connectivity index (χ0v) is 8.74. The highest BCUT2D eigenvalue weighted by Crippen LogP contribution is 2.40. The Bertz CT molecular complexity index is 284. The van der Waals surface area contributed by atoms with Gasteiger partial charge in [-0.15, -0.1) is 0 Å². The highest BCUT2D eigenvalue weighted by atomic mass is 15.4. The van der Waals surface area contributed by atoms with Gasteiger partial charge in [-0.05, 0) is 26.3 Å². The average Bonchev–Trinajstić information content (AvgIpc) is 2.83. The summed E-state index contributed by atoms with van der Waals surface area (Å²) in [5.74, 6) is 0.794. The third kappa shape index (κ3) is 1.06. The molecule has 1 aliphatic carbocycles. The zero-order chi connectivity index (χ0) is 9.76. The molecule has 1 saturated heterocycles. The summed E-state index contributed by atoms with van der Waals surface area (Å²) >= 11 is 0. The van der Waals surface area contributed by atoms with E-state index in [4.69, 9.17) is 5.73 Å². The van der Waals surface area contributed by atoms with Crippen LogP contribution in [-0.2, 0) is 0 Å². The van der Waals surface area contributed by atoms with Crippen LogP contribution < -0.4 is 5.73 Å². The minimum Gasteiger partial charge on any atom is -0.370 e. The molecule has 78 valence electrons. The van der Waals surface area contributed by atoms with Crippen molar-refractivity contribution in [2.75, 3.05) is 26.7 Å². The lowest BCUT2D eigenvalue weighted by molar-refractivity contribution is 0.197. The van der Waals surface area contributed by atoms with Crippen molar-refractivity contribution in [3.05, 3.63) is 0 Å². The van der Waals surface area contributed by atoms with E-state index in [-0.39, 0.29) is 5.54 Å². The molecule has 0 aromatic carbocycles. The monoisotopic (exact) mass is 194 g/mol. The van der Waals surface area contributed by atoms with Crippen LogP contribution in [0.25, 0.3) is 0 Å². The Kier molecular flexibility index (Phi) is 1.60. The second kappa shape index (κ2) is 2.63. The van der Waals surface area contributed by atoms with Crippen LogP contribution in [-0.4, -0.2) is 54.0 Å². The maximum atomic E-state index is 5.98. The summed E-state index contributed by atoms with van der Waals surface area (Å²) in [6, 6.07) is 0.702. The van der Waals surface area contributed by atoms with E-state index in [2.05, 4.69) is 21.8 Å². The molecule has 1 atom stereocenters. The molecule has 2 heterocycles. The van der Waals surface area contributed by atoms with Gasteiger partial charge in [0, 0.05) is 19.1 Å². The summed E-state index contributed by atoms with van der Waals surface area (Å²) in [5, 5.41) is 0. The van der Waals surface area contributed by atoms with Gasteiger partial charge < -0.3 is 15.5 Å². The highest BCUT2D eigenvalue weighted by molar-refractivity contribution is 5.81. The third-order valence-electron chi connectivity index (χ3n) is 3.73. The molecule has 14 heavy (non-hydrogen) atoms. The van der Waals surface area contributed by atoms with E-state index in [0.717, 1.165) is 19.0 Å². The maximum Gasteiger partial charge on any atom is 0.192 e. The minimum absolute atomic E-state index is 0.264. The first-order valence-corrected chi connectivity index (χ1v) is 5.49. The molecule has 1 spiro atoms. The predicted octanol–water partition coefficient (Wildman–Crippen LogP) is -0.147. The van der Waals surface area contributed by atoms with Crippen molar-refractivity contribution in [2.24, 2.45) is 10.7 Å². The van der Waals surface area contributed by atoms with Crippen LogP contribution in [0.2, 0.25) is 0 Å². The van der Waals surface area contributed by atoms with E-state index in [0.29, 0.717) is 6.04 Å². The molecule has 2 fully saturated rings. The molecule has 1 saturated carbocycles. The second-order valence-corrected chi connectivity index (χ2v) is 4.99. The van der Waals surface area contributed by atoms with Crippen LogP contribution in [0, 0.1) is 0 Å². The van der Waals surface area contributed by atoms with Gasteiger partial charge in [0.05, 0.1) is 12.1 Å². The normalized spacial score (nSPS) is 38.4. The molecule has 0 bridgehead atoms. The van der Waals surface area contributed by atoms with E-state index in [9.17, 15) is 0 Å². The van der Waals surface area contributed by atoms with Crippen LogP contribution in [0.1, 0.15) is 19.3 Å². The van der Waals surface area contributed by atoms with Gasteiger partial charge >= 0.3 is 0 Å². The van der Waals surface area contributed by atoms with E-state index in [1.54, 1.807) is 0 Å². The number of aliphatic imine (C=N–C) groups is 1. The van der Waals surface area contributed by atoms with Crippen LogP contribution in [0.4, 0.5) is 0 Å². The minimum atomic E-state index is 0.264. The van der Waals surface area contributed by atoms with E-state index < -0.39 is 0 Å². The molecule has 2 aliphatic heterocycles. The molecule has 4 nitrogen and oxygen atoms in total. The van der Waals surface area contributed by atoms with Gasteiger partial charge in [-0.3, -0.25) is 4.99 Å². The van der Waals surface area contributed by atoms with Crippen molar-refractivity contribution in [1.82, 2.24) is 9.80 Å². The fourth-order valence-electron chi connectivity index (χ4n) is 2.92. The van der Waals surface area contributed by atoms with Crippen molar-refractivity contribution in [1.29, 1.82) is 0 Å². The highest BCUT2D eigenvalue weighted by Gasteiger charge is 2.51. The summed E-state index contributed by atoms with van der Waals surface area (Å²) in [6.07, 6.45) is 3.84. The quantitative estimate of drug-likeness (QED) is 0.631. The van der Waals surface area contributed by atoms with Gasteiger partial charge in [-0.1, -0.05) is 0 Å². The molecule has 1 unspecified atom stereocenters. The largest absolute Gasteiger partial charge is 0.370 e. The topological polar surface area (TPSA) is 44.9 Å². The Hall–Kier alpha value is -0.770. The number of rotatable bonds is 1. The Morgan fingerprint density at radius 2 is 2.29 bits per heavy atom. The molecule has 4 heteroatoms.